The number of hydrogen-bond donors (Lipinski definition) is 2. The van der Waals surface area contributed by atoms with Crippen molar-refractivity contribution < 1.29 is 14.6 Å². The first kappa shape index (κ1) is 14.3. The Morgan fingerprint density at radius 3 is 2.23 bits per heavy atom. The van der Waals surface area contributed by atoms with Gasteiger partial charge in [-0.2, -0.15) is 0 Å². The van der Waals surface area contributed by atoms with Crippen LogP contribution in [0.15, 0.2) is 53.0 Å². The van der Waals surface area contributed by atoms with E-state index in [-0.39, 0.29) is 11.6 Å². The topological polar surface area (TPSA) is 88.1 Å². The number of H-pyrrole nitrogens is 1. The summed E-state index contributed by atoms with van der Waals surface area (Å²) < 4.78 is 6.44. The molecule has 22 heavy (non-hydrogen) atoms. The van der Waals surface area contributed by atoms with Gasteiger partial charge in [-0.3, -0.25) is 0 Å². The molecule has 3 aromatic rings. The van der Waals surface area contributed by atoms with E-state index >= 15 is 0 Å². The molecule has 6 nitrogen and oxygen atoms in total. The molecule has 0 amide bonds. The second-order valence-electron chi connectivity index (χ2n) is 4.43. The molecule has 1 heterocycles. The zero-order valence-electron chi connectivity index (χ0n) is 11.2. The molecule has 0 saturated heterocycles. The van der Waals surface area contributed by atoms with E-state index in [0.29, 0.717) is 5.75 Å². The van der Waals surface area contributed by atoms with Crippen molar-refractivity contribution in [3.63, 3.8) is 0 Å². The molecular formula is C15H10BrN3O3. The lowest BCUT2D eigenvalue weighted by Crippen LogP contribution is -1.99. The van der Waals surface area contributed by atoms with Crippen LogP contribution in [0.1, 0.15) is 10.5 Å². The van der Waals surface area contributed by atoms with Gasteiger partial charge in [0, 0.05) is 4.47 Å². The zero-order chi connectivity index (χ0) is 15.5. The van der Waals surface area contributed by atoms with Crippen LogP contribution < -0.4 is 4.74 Å². The van der Waals surface area contributed by atoms with Crippen LogP contribution in [0.3, 0.4) is 0 Å². The third kappa shape index (κ3) is 2.99. The lowest BCUT2D eigenvalue weighted by molar-refractivity contribution is 0.0687. The maximum atomic E-state index is 10.9. The van der Waals surface area contributed by atoms with E-state index in [4.69, 9.17) is 9.84 Å². The number of nitrogens with one attached hydrogen (secondary N) is 1. The summed E-state index contributed by atoms with van der Waals surface area (Å²) in [5, 5.41) is 18.3. The molecular weight excluding hydrogens is 350 g/mol. The summed E-state index contributed by atoms with van der Waals surface area (Å²) in [5.41, 5.74) is 1.91. The quantitative estimate of drug-likeness (QED) is 0.740. The van der Waals surface area contributed by atoms with Crippen molar-refractivity contribution in [1.82, 2.24) is 15.4 Å². The van der Waals surface area contributed by atoms with Crippen LogP contribution in [0.4, 0.5) is 0 Å². The Morgan fingerprint density at radius 1 is 1.05 bits per heavy atom. The van der Waals surface area contributed by atoms with Gasteiger partial charge in [0.15, 0.2) is 0 Å². The number of halogens is 1. The number of aromatic carboxylic acids is 1. The number of nitrogens with zero attached hydrogens (tertiary/aromatic N) is 2. The highest BCUT2D eigenvalue weighted by atomic mass is 79.9. The Kier molecular flexibility index (Phi) is 3.88. The SMILES string of the molecule is O=C(O)c1[nH]nnc1Oc1ccc(-c2ccc(Br)cc2)cc1. The molecule has 3 rings (SSSR count). The van der Waals surface area contributed by atoms with Gasteiger partial charge in [0.25, 0.3) is 5.88 Å². The molecule has 0 unspecified atom stereocenters. The first-order chi connectivity index (χ1) is 10.6. The number of aromatic amines is 1. The zero-order valence-corrected chi connectivity index (χ0v) is 12.7. The normalized spacial score (nSPS) is 10.4. The largest absolute Gasteiger partial charge is 0.476 e. The Morgan fingerprint density at radius 2 is 1.64 bits per heavy atom. The van der Waals surface area contributed by atoms with Gasteiger partial charge in [-0.05, 0) is 35.4 Å². The van der Waals surface area contributed by atoms with Gasteiger partial charge in [0.05, 0.1) is 0 Å². The number of carbonyl (C=O) groups is 1. The summed E-state index contributed by atoms with van der Waals surface area (Å²) in [5.74, 6) is -0.757. The summed E-state index contributed by atoms with van der Waals surface area (Å²) >= 11 is 3.40. The van der Waals surface area contributed by atoms with Gasteiger partial charge >= 0.3 is 5.97 Å². The van der Waals surface area contributed by atoms with Crippen LogP contribution in [-0.4, -0.2) is 26.5 Å². The molecule has 2 N–H and O–H groups in total. The van der Waals surface area contributed by atoms with E-state index in [1.54, 1.807) is 12.1 Å². The van der Waals surface area contributed by atoms with E-state index in [1.807, 2.05) is 36.4 Å². The molecule has 7 heteroatoms. The average molecular weight is 360 g/mol. The van der Waals surface area contributed by atoms with Crippen molar-refractivity contribution in [3.8, 4) is 22.8 Å². The minimum Gasteiger partial charge on any atom is -0.476 e. The number of carboxylic acid groups (broad SMARTS) is 1. The molecule has 0 fully saturated rings. The molecule has 110 valence electrons. The van der Waals surface area contributed by atoms with Gasteiger partial charge in [-0.25, -0.2) is 9.89 Å². The lowest BCUT2D eigenvalue weighted by Gasteiger charge is -2.05. The molecule has 0 aliphatic carbocycles. The van der Waals surface area contributed by atoms with Crippen molar-refractivity contribution in [2.24, 2.45) is 0 Å². The molecule has 0 radical (unpaired) electrons. The highest BCUT2D eigenvalue weighted by molar-refractivity contribution is 9.10. The second kappa shape index (κ2) is 5.98. The predicted molar refractivity (Wildman–Crippen MR) is 83.0 cm³/mol. The summed E-state index contributed by atoms with van der Waals surface area (Å²) in [6, 6.07) is 15.2. The maximum Gasteiger partial charge on any atom is 0.359 e. The van der Waals surface area contributed by atoms with E-state index in [0.717, 1.165) is 15.6 Å². The van der Waals surface area contributed by atoms with Crippen LogP contribution in [0.5, 0.6) is 11.6 Å². The number of ether oxygens (including phenoxy) is 1. The van der Waals surface area contributed by atoms with Crippen molar-refractivity contribution in [2.45, 2.75) is 0 Å². The molecule has 0 saturated carbocycles. The summed E-state index contributed by atoms with van der Waals surface area (Å²) in [6.45, 7) is 0. The van der Waals surface area contributed by atoms with E-state index in [1.165, 1.54) is 0 Å². The number of hydrogen-bond acceptors (Lipinski definition) is 4. The molecule has 0 bridgehead atoms. The first-order valence-corrected chi connectivity index (χ1v) is 7.11. The van der Waals surface area contributed by atoms with Crippen LogP contribution in [-0.2, 0) is 0 Å². The van der Waals surface area contributed by atoms with E-state index in [9.17, 15) is 4.79 Å². The Hall–Kier alpha value is -2.67. The third-order valence-corrected chi connectivity index (χ3v) is 3.51. The number of carboxylic acids is 1. The summed E-state index contributed by atoms with van der Waals surface area (Å²) in [4.78, 5) is 10.9. The highest BCUT2D eigenvalue weighted by Gasteiger charge is 2.16. The van der Waals surface area contributed by atoms with Crippen molar-refractivity contribution in [2.75, 3.05) is 0 Å². The van der Waals surface area contributed by atoms with Crippen LogP contribution in [0.25, 0.3) is 11.1 Å². The minimum atomic E-state index is -1.17. The van der Waals surface area contributed by atoms with Gasteiger partial charge < -0.3 is 9.84 Å². The van der Waals surface area contributed by atoms with Crippen LogP contribution in [0.2, 0.25) is 0 Å². The van der Waals surface area contributed by atoms with Gasteiger partial charge in [0.2, 0.25) is 5.69 Å². The van der Waals surface area contributed by atoms with Crippen LogP contribution in [0, 0.1) is 0 Å². The molecule has 0 aliphatic rings. The Bertz CT molecular complexity index is 798. The Labute approximate surface area is 133 Å². The monoisotopic (exact) mass is 359 g/mol. The van der Waals surface area contributed by atoms with Gasteiger partial charge in [-0.15, -0.1) is 0 Å². The summed E-state index contributed by atoms with van der Waals surface area (Å²) in [7, 11) is 0. The first-order valence-electron chi connectivity index (χ1n) is 6.31. The smallest absolute Gasteiger partial charge is 0.359 e. The molecule has 0 atom stereocenters. The molecule has 2 aromatic carbocycles. The van der Waals surface area contributed by atoms with E-state index in [2.05, 4.69) is 31.3 Å². The number of rotatable bonds is 4. The van der Waals surface area contributed by atoms with Gasteiger partial charge in [0.1, 0.15) is 5.75 Å². The lowest BCUT2D eigenvalue weighted by atomic mass is 10.1. The van der Waals surface area contributed by atoms with Crippen molar-refractivity contribution >= 4 is 21.9 Å². The molecule has 1 aromatic heterocycles. The van der Waals surface area contributed by atoms with E-state index < -0.39 is 5.97 Å². The number of benzene rings is 2. The van der Waals surface area contributed by atoms with Crippen LogP contribution >= 0.6 is 15.9 Å². The minimum absolute atomic E-state index is 0.0658. The average Bonchev–Trinajstić information content (AvgIpc) is 2.97. The predicted octanol–water partition coefficient (Wildman–Crippen LogP) is 3.72. The number of aromatic nitrogens is 3. The second-order valence-corrected chi connectivity index (χ2v) is 5.35. The molecule has 0 spiro atoms. The van der Waals surface area contributed by atoms with Crippen molar-refractivity contribution in [1.29, 1.82) is 0 Å². The fraction of sp³-hybridized carbons (Fsp3) is 0. The third-order valence-electron chi connectivity index (χ3n) is 2.98. The fourth-order valence-electron chi connectivity index (χ4n) is 1.90. The summed E-state index contributed by atoms with van der Waals surface area (Å²) in [6.07, 6.45) is 0. The fourth-order valence-corrected chi connectivity index (χ4v) is 2.16. The van der Waals surface area contributed by atoms with Gasteiger partial charge in [-0.1, -0.05) is 50.5 Å². The Balaban J connectivity index is 1.81. The van der Waals surface area contributed by atoms with Crippen molar-refractivity contribution in [3.05, 3.63) is 58.7 Å². The molecule has 0 aliphatic heterocycles. The highest BCUT2D eigenvalue weighted by Crippen LogP contribution is 2.26. The standard InChI is InChI=1S/C15H10BrN3O3/c16-11-5-1-9(2-6-11)10-3-7-12(8-4-10)22-14-13(15(20)21)17-19-18-14/h1-8H,(H,20,21)(H,17,18,19). The maximum absolute atomic E-state index is 10.9.